The van der Waals surface area contributed by atoms with Crippen LogP contribution in [0.25, 0.3) is 0 Å². The lowest BCUT2D eigenvalue weighted by molar-refractivity contribution is -0.132. The Morgan fingerprint density at radius 2 is 2.39 bits per heavy atom. The average Bonchev–Trinajstić information content (AvgIpc) is 2.87. The molecule has 1 aromatic rings. The predicted molar refractivity (Wildman–Crippen MR) is 72.6 cm³/mol. The van der Waals surface area contributed by atoms with Crippen molar-refractivity contribution < 1.29 is 10.0 Å². The summed E-state index contributed by atoms with van der Waals surface area (Å²) in [5.41, 5.74) is 5.57. The van der Waals surface area contributed by atoms with Crippen molar-refractivity contribution in [2.24, 2.45) is 16.8 Å². The van der Waals surface area contributed by atoms with Crippen LogP contribution in [0.1, 0.15) is 24.6 Å². The lowest BCUT2D eigenvalue weighted by Crippen LogP contribution is -2.39. The molecule has 1 aromatic heterocycles. The second-order valence-electron chi connectivity index (χ2n) is 4.14. The van der Waals surface area contributed by atoms with E-state index < -0.39 is 5.92 Å². The molecule has 1 atom stereocenters. The monoisotopic (exact) mass is 269 g/mol. The van der Waals surface area contributed by atoms with Crippen LogP contribution < -0.4 is 5.73 Å². The topological polar surface area (TPSA) is 78.9 Å². The maximum absolute atomic E-state index is 12.2. The molecule has 0 fully saturated rings. The molecule has 0 saturated heterocycles. The Morgan fingerprint density at radius 1 is 1.67 bits per heavy atom. The van der Waals surface area contributed by atoms with Crippen LogP contribution >= 0.6 is 11.3 Å². The number of nitrogens with two attached hydrogens (primary N) is 1. The van der Waals surface area contributed by atoms with Gasteiger partial charge in [-0.05, 0) is 17.9 Å². The normalized spacial score (nSPS) is 13.3. The zero-order valence-electron chi connectivity index (χ0n) is 10.7. The minimum absolute atomic E-state index is 0.0140. The van der Waals surface area contributed by atoms with Crippen molar-refractivity contribution in [3.8, 4) is 0 Å². The van der Waals surface area contributed by atoms with Gasteiger partial charge >= 0.3 is 0 Å². The van der Waals surface area contributed by atoms with Crippen molar-refractivity contribution in [2.45, 2.75) is 26.3 Å². The lowest BCUT2D eigenvalue weighted by Gasteiger charge is -2.22. The Bertz CT molecular complexity index is 403. The van der Waals surface area contributed by atoms with Gasteiger partial charge in [0.2, 0.25) is 5.91 Å². The highest BCUT2D eigenvalue weighted by Gasteiger charge is 2.25. The van der Waals surface area contributed by atoms with E-state index in [1.54, 1.807) is 23.3 Å². The first-order valence-electron chi connectivity index (χ1n) is 5.84. The molecule has 1 unspecified atom stereocenters. The molecule has 5 nitrogen and oxygen atoms in total. The Balaban J connectivity index is 2.70. The first-order chi connectivity index (χ1) is 8.60. The third-order valence-corrected chi connectivity index (χ3v) is 3.56. The number of nitrogens with zero attached hydrogens (tertiary/aromatic N) is 2. The summed E-state index contributed by atoms with van der Waals surface area (Å²) >= 11 is 1.60. The summed E-state index contributed by atoms with van der Waals surface area (Å²) in [5.74, 6) is -0.662. The van der Waals surface area contributed by atoms with Gasteiger partial charge in [-0.15, -0.1) is 11.3 Å². The van der Waals surface area contributed by atoms with E-state index in [4.69, 9.17) is 10.9 Å². The van der Waals surface area contributed by atoms with Gasteiger partial charge in [-0.3, -0.25) is 4.79 Å². The van der Waals surface area contributed by atoms with Gasteiger partial charge < -0.3 is 15.8 Å². The van der Waals surface area contributed by atoms with Crippen LogP contribution in [0, 0.1) is 5.92 Å². The van der Waals surface area contributed by atoms with Crippen molar-refractivity contribution in [3.63, 3.8) is 0 Å². The van der Waals surface area contributed by atoms with Gasteiger partial charge in [0, 0.05) is 11.9 Å². The van der Waals surface area contributed by atoms with Gasteiger partial charge in [0.25, 0.3) is 0 Å². The number of oxime groups is 1. The number of hydrogen-bond acceptors (Lipinski definition) is 4. The molecule has 1 rings (SSSR count). The minimum Gasteiger partial charge on any atom is -0.409 e. The van der Waals surface area contributed by atoms with Gasteiger partial charge in [-0.1, -0.05) is 24.6 Å². The first kappa shape index (κ1) is 14.5. The fourth-order valence-electron chi connectivity index (χ4n) is 1.74. The zero-order valence-corrected chi connectivity index (χ0v) is 11.5. The standard InChI is InChI=1S/C12H19N3O2S/c1-3-5-10(11(13)14-17)12(16)15(2)8-9-6-4-7-18-9/h4,6-7,10,17H,3,5,8H2,1-2H3,(H2,13,14). The smallest absolute Gasteiger partial charge is 0.233 e. The second kappa shape index (κ2) is 7.00. The number of amidine groups is 1. The molecule has 0 radical (unpaired) electrons. The molecule has 1 amide bonds. The highest BCUT2D eigenvalue weighted by atomic mass is 32.1. The lowest BCUT2D eigenvalue weighted by atomic mass is 10.0. The van der Waals surface area contributed by atoms with Gasteiger partial charge in [-0.25, -0.2) is 0 Å². The highest BCUT2D eigenvalue weighted by Crippen LogP contribution is 2.15. The van der Waals surface area contributed by atoms with E-state index in [-0.39, 0.29) is 11.7 Å². The molecule has 0 spiro atoms. The number of carbonyl (C=O) groups excluding carboxylic acids is 1. The maximum atomic E-state index is 12.2. The van der Waals surface area contributed by atoms with E-state index in [1.807, 2.05) is 24.4 Å². The molecule has 3 N–H and O–H groups in total. The summed E-state index contributed by atoms with van der Waals surface area (Å²) in [6.07, 6.45) is 1.39. The Labute approximate surface area is 111 Å². The fourth-order valence-corrected chi connectivity index (χ4v) is 2.49. The van der Waals surface area contributed by atoms with E-state index in [0.717, 1.165) is 11.3 Å². The summed E-state index contributed by atoms with van der Waals surface area (Å²) in [6.45, 7) is 2.51. The number of rotatable bonds is 6. The SMILES string of the molecule is CCCC(C(=O)N(C)Cc1cccs1)C(N)=NO. The molecule has 100 valence electrons. The van der Waals surface area contributed by atoms with E-state index >= 15 is 0 Å². The molecule has 0 aliphatic rings. The maximum Gasteiger partial charge on any atom is 0.233 e. The molecule has 0 saturated carbocycles. The summed E-state index contributed by atoms with van der Waals surface area (Å²) in [7, 11) is 1.73. The van der Waals surface area contributed by atoms with Crippen LogP contribution in [0.3, 0.4) is 0 Å². The predicted octanol–water partition coefficient (Wildman–Crippen LogP) is 1.87. The van der Waals surface area contributed by atoms with E-state index in [1.165, 1.54) is 0 Å². The van der Waals surface area contributed by atoms with Crippen molar-refractivity contribution in [3.05, 3.63) is 22.4 Å². The van der Waals surface area contributed by atoms with Gasteiger partial charge in [0.1, 0.15) is 0 Å². The number of hydrogen-bond donors (Lipinski definition) is 2. The average molecular weight is 269 g/mol. The molecular formula is C12H19N3O2S. The van der Waals surface area contributed by atoms with E-state index in [0.29, 0.717) is 13.0 Å². The van der Waals surface area contributed by atoms with Crippen LogP contribution in [-0.2, 0) is 11.3 Å². The summed E-state index contributed by atoms with van der Waals surface area (Å²) in [4.78, 5) is 14.9. The molecular weight excluding hydrogens is 250 g/mol. The molecule has 0 aromatic carbocycles. The number of carbonyl (C=O) groups is 1. The van der Waals surface area contributed by atoms with Crippen LogP contribution in [0.15, 0.2) is 22.7 Å². The van der Waals surface area contributed by atoms with E-state index in [2.05, 4.69) is 5.16 Å². The second-order valence-corrected chi connectivity index (χ2v) is 5.17. The first-order valence-corrected chi connectivity index (χ1v) is 6.72. The fraction of sp³-hybridized carbons (Fsp3) is 0.500. The summed E-state index contributed by atoms with van der Waals surface area (Å²) < 4.78 is 0. The third kappa shape index (κ3) is 3.73. The molecule has 0 aliphatic carbocycles. The van der Waals surface area contributed by atoms with Crippen LogP contribution in [-0.4, -0.2) is 28.9 Å². The molecule has 18 heavy (non-hydrogen) atoms. The molecule has 6 heteroatoms. The van der Waals surface area contributed by atoms with Crippen LogP contribution in [0.4, 0.5) is 0 Å². The largest absolute Gasteiger partial charge is 0.409 e. The number of amides is 1. The summed E-state index contributed by atoms with van der Waals surface area (Å²) in [6, 6.07) is 3.93. The Kier molecular flexibility index (Phi) is 5.64. The minimum atomic E-state index is -0.537. The van der Waals surface area contributed by atoms with Crippen molar-refractivity contribution in [1.82, 2.24) is 4.90 Å². The van der Waals surface area contributed by atoms with Gasteiger partial charge in [0.05, 0.1) is 12.5 Å². The van der Waals surface area contributed by atoms with Crippen LogP contribution in [0.5, 0.6) is 0 Å². The van der Waals surface area contributed by atoms with Crippen molar-refractivity contribution >= 4 is 23.1 Å². The van der Waals surface area contributed by atoms with Crippen LogP contribution in [0.2, 0.25) is 0 Å². The third-order valence-electron chi connectivity index (χ3n) is 2.70. The Morgan fingerprint density at radius 3 is 2.89 bits per heavy atom. The van der Waals surface area contributed by atoms with E-state index in [9.17, 15) is 4.79 Å². The molecule has 0 aliphatic heterocycles. The molecule has 1 heterocycles. The number of thiophene rings is 1. The van der Waals surface area contributed by atoms with Gasteiger partial charge in [0.15, 0.2) is 5.84 Å². The van der Waals surface area contributed by atoms with Crippen molar-refractivity contribution in [1.29, 1.82) is 0 Å². The molecule has 0 bridgehead atoms. The quantitative estimate of drug-likeness (QED) is 0.358. The van der Waals surface area contributed by atoms with Crippen molar-refractivity contribution in [2.75, 3.05) is 7.05 Å². The summed E-state index contributed by atoms with van der Waals surface area (Å²) in [5, 5.41) is 13.6. The van der Waals surface area contributed by atoms with Gasteiger partial charge in [-0.2, -0.15) is 0 Å². The Hall–Kier alpha value is -1.56. The highest BCUT2D eigenvalue weighted by molar-refractivity contribution is 7.09. The zero-order chi connectivity index (χ0) is 13.5.